The van der Waals surface area contributed by atoms with Crippen molar-refractivity contribution in [2.24, 2.45) is 0 Å². The Morgan fingerprint density at radius 3 is 2.20 bits per heavy atom. The number of nitrogens with zero attached hydrogens (tertiary/aromatic N) is 1. The van der Waals surface area contributed by atoms with Gasteiger partial charge < -0.3 is 14.8 Å². The van der Waals surface area contributed by atoms with Crippen molar-refractivity contribution >= 4 is 21.6 Å². The van der Waals surface area contributed by atoms with Gasteiger partial charge in [0, 0.05) is 6.07 Å². The van der Waals surface area contributed by atoms with Crippen LogP contribution in [0, 0.1) is 11.6 Å². The van der Waals surface area contributed by atoms with Gasteiger partial charge in [0.25, 0.3) is 0 Å². The van der Waals surface area contributed by atoms with Gasteiger partial charge in [-0.2, -0.15) is 0 Å². The van der Waals surface area contributed by atoms with E-state index in [2.05, 4.69) is 5.32 Å². The molecule has 0 radical (unpaired) electrons. The summed E-state index contributed by atoms with van der Waals surface area (Å²) in [6.07, 6.45) is 0.883. The van der Waals surface area contributed by atoms with Crippen LogP contribution in [0.15, 0.2) is 42.5 Å². The number of carbonyl (C=O) groups excluding carboxylic acids is 1. The van der Waals surface area contributed by atoms with Crippen LogP contribution < -0.4 is 19.1 Å². The molecule has 2 aromatic rings. The van der Waals surface area contributed by atoms with Crippen molar-refractivity contribution in [3.05, 3.63) is 54.1 Å². The van der Waals surface area contributed by atoms with Crippen molar-refractivity contribution in [3.63, 3.8) is 0 Å². The number of benzene rings is 2. The second-order valence-corrected chi connectivity index (χ2v) is 8.59. The zero-order valence-corrected chi connectivity index (χ0v) is 17.9. The van der Waals surface area contributed by atoms with Crippen LogP contribution in [0.2, 0.25) is 0 Å². The Bertz CT molecular complexity index is 983. The Labute approximate surface area is 174 Å². The zero-order chi connectivity index (χ0) is 22.5. The Kier molecular flexibility index (Phi) is 7.60. The second-order valence-electron chi connectivity index (χ2n) is 6.73. The molecule has 7 nitrogen and oxygen atoms in total. The Hall–Kier alpha value is -2.88. The molecule has 1 N–H and O–H groups in total. The predicted molar refractivity (Wildman–Crippen MR) is 109 cm³/mol. The maximum Gasteiger partial charge on any atom is 0.243 e. The molecule has 30 heavy (non-hydrogen) atoms. The maximum absolute atomic E-state index is 13.6. The number of halogens is 2. The van der Waals surface area contributed by atoms with Crippen molar-refractivity contribution < 1.29 is 31.5 Å². The predicted octanol–water partition coefficient (Wildman–Crippen LogP) is 2.71. The smallest absolute Gasteiger partial charge is 0.243 e. The molecular formula is C20H24F2N2O5S. The lowest BCUT2D eigenvalue weighted by Gasteiger charge is -2.29. The minimum Gasteiger partial charge on any atom is -0.497 e. The molecule has 0 aliphatic heterocycles. The first-order chi connectivity index (χ1) is 14.0. The largest absolute Gasteiger partial charge is 0.497 e. The minimum atomic E-state index is -3.95. The molecule has 0 aliphatic rings. The number of rotatable bonds is 9. The SMILES string of the molecule is COc1ccc(OC[C@H](C)NC(=O)[C@H](C)N(c2ccc(F)c(F)c2)S(C)(=O)=O)cc1. The van der Waals surface area contributed by atoms with E-state index in [-0.39, 0.29) is 12.3 Å². The quantitative estimate of drug-likeness (QED) is 0.646. The van der Waals surface area contributed by atoms with Gasteiger partial charge in [-0.25, -0.2) is 17.2 Å². The maximum atomic E-state index is 13.6. The van der Waals surface area contributed by atoms with Gasteiger partial charge in [0.2, 0.25) is 15.9 Å². The standard InChI is InChI=1S/C20H24F2N2O5S/c1-13(12-29-17-8-6-16(28-3)7-9-17)23-20(25)14(2)24(30(4,26)27)15-5-10-18(21)19(22)11-15/h5-11,13-14H,12H2,1-4H3,(H,23,25)/t13-,14-/m0/s1. The van der Waals surface area contributed by atoms with Crippen molar-refractivity contribution in [2.75, 3.05) is 24.3 Å². The molecule has 0 saturated heterocycles. The molecule has 10 heteroatoms. The van der Waals surface area contributed by atoms with Crippen molar-refractivity contribution in [2.45, 2.75) is 25.9 Å². The average molecular weight is 442 g/mol. The summed E-state index contributed by atoms with van der Waals surface area (Å²) in [5, 5.41) is 2.66. The number of amides is 1. The highest BCUT2D eigenvalue weighted by Crippen LogP contribution is 2.23. The first-order valence-corrected chi connectivity index (χ1v) is 10.9. The van der Waals surface area contributed by atoms with Crippen molar-refractivity contribution in [3.8, 4) is 11.5 Å². The molecule has 2 atom stereocenters. The lowest BCUT2D eigenvalue weighted by molar-refractivity contribution is -0.122. The summed E-state index contributed by atoms with van der Waals surface area (Å²) in [4.78, 5) is 12.6. The summed E-state index contributed by atoms with van der Waals surface area (Å²) < 4.78 is 62.6. The van der Waals surface area contributed by atoms with Crippen LogP contribution in [0.1, 0.15) is 13.8 Å². The highest BCUT2D eigenvalue weighted by atomic mass is 32.2. The van der Waals surface area contributed by atoms with Crippen LogP contribution in [0.3, 0.4) is 0 Å². The van der Waals surface area contributed by atoms with E-state index in [1.165, 1.54) is 6.92 Å². The van der Waals surface area contributed by atoms with E-state index in [9.17, 15) is 22.0 Å². The minimum absolute atomic E-state index is 0.134. The molecule has 0 unspecified atom stereocenters. The molecule has 2 aromatic carbocycles. The summed E-state index contributed by atoms with van der Waals surface area (Å²) >= 11 is 0. The molecule has 0 fully saturated rings. The fourth-order valence-electron chi connectivity index (χ4n) is 2.73. The van der Waals surface area contributed by atoms with E-state index in [4.69, 9.17) is 9.47 Å². The van der Waals surface area contributed by atoms with Gasteiger partial charge in [0.1, 0.15) is 24.1 Å². The first-order valence-electron chi connectivity index (χ1n) is 9.04. The highest BCUT2D eigenvalue weighted by Gasteiger charge is 2.30. The van der Waals surface area contributed by atoms with Gasteiger partial charge >= 0.3 is 0 Å². The molecule has 1 amide bonds. The number of sulfonamides is 1. The zero-order valence-electron chi connectivity index (χ0n) is 17.1. The Balaban J connectivity index is 2.05. The van der Waals surface area contributed by atoms with Gasteiger partial charge in [0.15, 0.2) is 11.6 Å². The molecule has 0 spiro atoms. The van der Waals surface area contributed by atoms with Gasteiger partial charge in [0.05, 0.1) is 25.1 Å². The van der Waals surface area contributed by atoms with Crippen LogP contribution >= 0.6 is 0 Å². The topological polar surface area (TPSA) is 84.9 Å². The van der Waals surface area contributed by atoms with Crippen LogP contribution in [0.25, 0.3) is 0 Å². The second kappa shape index (κ2) is 9.75. The molecule has 0 aromatic heterocycles. The summed E-state index contributed by atoms with van der Waals surface area (Å²) in [6, 6.07) is 7.87. The number of hydrogen-bond donors (Lipinski definition) is 1. The number of methoxy groups -OCH3 is 1. The van der Waals surface area contributed by atoms with Gasteiger partial charge in [-0.3, -0.25) is 9.10 Å². The molecule has 0 heterocycles. The van der Waals surface area contributed by atoms with Crippen LogP contribution in [0.5, 0.6) is 11.5 Å². The highest BCUT2D eigenvalue weighted by molar-refractivity contribution is 7.92. The number of anilines is 1. The van der Waals surface area contributed by atoms with E-state index in [1.807, 2.05) is 0 Å². The molecule has 164 valence electrons. The number of ether oxygens (including phenoxy) is 2. The van der Waals surface area contributed by atoms with E-state index in [0.29, 0.717) is 11.5 Å². The van der Waals surface area contributed by atoms with E-state index in [1.54, 1.807) is 38.3 Å². The van der Waals surface area contributed by atoms with Crippen molar-refractivity contribution in [1.29, 1.82) is 0 Å². The third kappa shape index (κ3) is 6.06. The van der Waals surface area contributed by atoms with Crippen molar-refractivity contribution in [1.82, 2.24) is 5.32 Å². The third-order valence-corrected chi connectivity index (χ3v) is 5.44. The molecule has 0 saturated carbocycles. The van der Waals surface area contributed by atoms with Crippen LogP contribution in [-0.4, -0.2) is 46.4 Å². The lowest BCUT2D eigenvalue weighted by Crippen LogP contribution is -2.50. The summed E-state index contributed by atoms with van der Waals surface area (Å²) in [5.41, 5.74) is -0.152. The third-order valence-electron chi connectivity index (χ3n) is 4.19. The normalized spacial score (nSPS) is 13.3. The fraction of sp³-hybridized carbons (Fsp3) is 0.350. The summed E-state index contributed by atoms with van der Waals surface area (Å²) in [5.74, 6) is -1.69. The molecule has 0 bridgehead atoms. The molecule has 0 aliphatic carbocycles. The lowest BCUT2D eigenvalue weighted by atomic mass is 10.2. The Morgan fingerprint density at radius 1 is 1.07 bits per heavy atom. The van der Waals surface area contributed by atoms with Gasteiger partial charge in [-0.15, -0.1) is 0 Å². The first kappa shape index (κ1) is 23.4. The van der Waals surface area contributed by atoms with Gasteiger partial charge in [-0.05, 0) is 50.2 Å². The molecular weight excluding hydrogens is 418 g/mol. The van der Waals surface area contributed by atoms with Crippen LogP contribution in [-0.2, 0) is 14.8 Å². The number of carbonyl (C=O) groups is 1. The van der Waals surface area contributed by atoms with Gasteiger partial charge in [-0.1, -0.05) is 0 Å². The van der Waals surface area contributed by atoms with E-state index in [0.717, 1.165) is 28.8 Å². The van der Waals surface area contributed by atoms with E-state index < -0.39 is 39.6 Å². The number of hydrogen-bond acceptors (Lipinski definition) is 5. The summed E-state index contributed by atoms with van der Waals surface area (Å²) in [7, 11) is -2.40. The van der Waals surface area contributed by atoms with E-state index >= 15 is 0 Å². The fourth-order valence-corrected chi connectivity index (χ4v) is 3.90. The van der Waals surface area contributed by atoms with Crippen LogP contribution in [0.4, 0.5) is 14.5 Å². The molecule has 2 rings (SSSR count). The Morgan fingerprint density at radius 2 is 1.67 bits per heavy atom. The summed E-state index contributed by atoms with van der Waals surface area (Å²) in [6.45, 7) is 3.18. The monoisotopic (exact) mass is 442 g/mol. The number of nitrogens with one attached hydrogen (secondary N) is 1. The average Bonchev–Trinajstić information content (AvgIpc) is 2.68.